The zero-order valence-electron chi connectivity index (χ0n) is 18.6. The highest BCUT2D eigenvalue weighted by Crippen LogP contribution is 2.16. The van der Waals surface area contributed by atoms with Gasteiger partial charge in [-0.15, -0.1) is 0 Å². The Bertz CT molecular complexity index is 853. The molecule has 7 nitrogen and oxygen atoms in total. The lowest BCUT2D eigenvalue weighted by molar-refractivity contribution is 0.199. The predicted molar refractivity (Wildman–Crippen MR) is 123 cm³/mol. The molecule has 0 aliphatic carbocycles. The highest BCUT2D eigenvalue weighted by Gasteiger charge is 2.15. The van der Waals surface area contributed by atoms with Gasteiger partial charge in [-0.05, 0) is 43.3 Å². The number of piperazine rings is 1. The number of benzene rings is 1. The maximum atomic E-state index is 13.4. The van der Waals surface area contributed by atoms with Crippen LogP contribution in [0.5, 0.6) is 5.75 Å². The van der Waals surface area contributed by atoms with Crippen molar-refractivity contribution >= 4 is 11.8 Å². The second kappa shape index (κ2) is 11.5. The van der Waals surface area contributed by atoms with Crippen LogP contribution in [0.15, 0.2) is 47.6 Å². The van der Waals surface area contributed by atoms with Gasteiger partial charge >= 0.3 is 0 Å². The largest absolute Gasteiger partial charge is 0.489 e. The number of aromatic nitrogens is 1. The maximum absolute atomic E-state index is 13.4. The molecule has 1 aliphatic heterocycles. The Morgan fingerprint density at radius 3 is 2.71 bits per heavy atom. The van der Waals surface area contributed by atoms with Gasteiger partial charge in [-0.1, -0.05) is 13.0 Å². The van der Waals surface area contributed by atoms with Crippen LogP contribution in [0.25, 0.3) is 0 Å². The fourth-order valence-corrected chi connectivity index (χ4v) is 3.40. The van der Waals surface area contributed by atoms with Crippen molar-refractivity contribution in [3.05, 3.63) is 54.0 Å². The number of hydrogen-bond donors (Lipinski definition) is 2. The number of nitrogens with zero attached hydrogens (tertiary/aromatic N) is 4. The van der Waals surface area contributed by atoms with E-state index in [0.29, 0.717) is 24.8 Å². The van der Waals surface area contributed by atoms with E-state index in [1.54, 1.807) is 19.2 Å². The molecule has 8 heteroatoms. The van der Waals surface area contributed by atoms with Crippen molar-refractivity contribution in [1.29, 1.82) is 0 Å². The Labute approximate surface area is 184 Å². The van der Waals surface area contributed by atoms with E-state index in [9.17, 15) is 4.39 Å². The van der Waals surface area contributed by atoms with Crippen LogP contribution in [-0.4, -0.2) is 68.8 Å². The highest BCUT2D eigenvalue weighted by atomic mass is 19.1. The SMILES string of the molecule is CCC(CNC(=NC)NCc1ccnc(N2CCN(C)CC2)c1)Oc1cccc(F)c1. The molecule has 3 rings (SSSR count). The molecule has 0 spiro atoms. The van der Waals surface area contributed by atoms with Crippen molar-refractivity contribution in [3.63, 3.8) is 0 Å². The fraction of sp³-hybridized carbons (Fsp3) is 0.478. The summed E-state index contributed by atoms with van der Waals surface area (Å²) in [7, 11) is 3.89. The molecule has 2 aromatic rings. The number of likely N-dealkylation sites (N-methyl/N-ethyl adjacent to an activating group) is 1. The molecule has 31 heavy (non-hydrogen) atoms. The normalized spacial score (nSPS) is 16.1. The van der Waals surface area contributed by atoms with E-state index < -0.39 is 0 Å². The van der Waals surface area contributed by atoms with E-state index >= 15 is 0 Å². The number of guanidine groups is 1. The lowest BCUT2D eigenvalue weighted by Gasteiger charge is -2.33. The zero-order chi connectivity index (χ0) is 22.1. The molecule has 168 valence electrons. The molecule has 1 aliphatic rings. The molecule has 1 aromatic heterocycles. The fourth-order valence-electron chi connectivity index (χ4n) is 3.40. The van der Waals surface area contributed by atoms with Gasteiger partial charge in [0.1, 0.15) is 23.5 Å². The maximum Gasteiger partial charge on any atom is 0.191 e. The summed E-state index contributed by atoms with van der Waals surface area (Å²) in [4.78, 5) is 13.5. The topological polar surface area (TPSA) is 65.0 Å². The van der Waals surface area contributed by atoms with Gasteiger partial charge in [0.05, 0.1) is 6.54 Å². The van der Waals surface area contributed by atoms with E-state index in [1.165, 1.54) is 12.1 Å². The van der Waals surface area contributed by atoms with Gasteiger partial charge in [-0.25, -0.2) is 9.37 Å². The zero-order valence-corrected chi connectivity index (χ0v) is 18.6. The van der Waals surface area contributed by atoms with Gasteiger partial charge in [0.15, 0.2) is 5.96 Å². The first kappa shape index (κ1) is 22.8. The predicted octanol–water partition coefficient (Wildman–Crippen LogP) is 2.50. The van der Waals surface area contributed by atoms with E-state index in [1.807, 2.05) is 19.2 Å². The minimum Gasteiger partial charge on any atom is -0.489 e. The Kier molecular flexibility index (Phi) is 8.46. The summed E-state index contributed by atoms with van der Waals surface area (Å²) in [6, 6.07) is 10.4. The molecule has 0 saturated carbocycles. The lowest BCUT2D eigenvalue weighted by Crippen LogP contribution is -2.45. The molecule has 2 heterocycles. The van der Waals surface area contributed by atoms with E-state index in [4.69, 9.17) is 4.74 Å². The van der Waals surface area contributed by atoms with Gasteiger partial charge < -0.3 is 25.2 Å². The molecule has 1 unspecified atom stereocenters. The van der Waals surface area contributed by atoms with Crippen LogP contribution < -0.4 is 20.3 Å². The average Bonchev–Trinajstić information content (AvgIpc) is 2.79. The molecule has 2 N–H and O–H groups in total. The van der Waals surface area contributed by atoms with E-state index in [-0.39, 0.29) is 11.9 Å². The van der Waals surface area contributed by atoms with E-state index in [2.05, 4.69) is 43.5 Å². The minimum absolute atomic E-state index is 0.0925. The summed E-state index contributed by atoms with van der Waals surface area (Å²) in [5.41, 5.74) is 1.15. The van der Waals surface area contributed by atoms with Crippen molar-refractivity contribution in [1.82, 2.24) is 20.5 Å². The minimum atomic E-state index is -0.300. The standard InChI is InChI=1S/C23H33FN6O/c1-4-20(31-21-7-5-6-19(24)15-21)17-28-23(25-2)27-16-18-8-9-26-22(14-18)30-12-10-29(3)11-13-30/h5-9,14-15,20H,4,10-13,16-17H2,1-3H3,(H2,25,27,28). The molecule has 1 fully saturated rings. The number of aliphatic imine (C=N–C) groups is 1. The molecule has 1 saturated heterocycles. The van der Waals surface area contributed by atoms with Crippen LogP contribution in [0.1, 0.15) is 18.9 Å². The van der Waals surface area contributed by atoms with Crippen LogP contribution in [0.2, 0.25) is 0 Å². The lowest BCUT2D eigenvalue weighted by atomic mass is 10.2. The van der Waals surface area contributed by atoms with Crippen molar-refractivity contribution in [2.45, 2.75) is 26.0 Å². The van der Waals surface area contributed by atoms with Crippen LogP contribution in [0.4, 0.5) is 10.2 Å². The quantitative estimate of drug-likeness (QED) is 0.498. The smallest absolute Gasteiger partial charge is 0.191 e. The molecule has 0 radical (unpaired) electrons. The number of rotatable bonds is 8. The Hall–Kier alpha value is -2.87. The number of pyridine rings is 1. The van der Waals surface area contributed by atoms with Gasteiger partial charge in [0, 0.05) is 52.0 Å². The summed E-state index contributed by atoms with van der Waals surface area (Å²) < 4.78 is 19.3. The van der Waals surface area contributed by atoms with Crippen molar-refractivity contribution in [2.75, 3.05) is 51.7 Å². The summed E-state index contributed by atoms with van der Waals surface area (Å²) >= 11 is 0. The number of halogens is 1. The molecule has 0 bridgehead atoms. The van der Waals surface area contributed by atoms with Crippen molar-refractivity contribution in [3.8, 4) is 5.75 Å². The Morgan fingerprint density at radius 2 is 2.00 bits per heavy atom. The van der Waals surface area contributed by atoms with Crippen LogP contribution >= 0.6 is 0 Å². The van der Waals surface area contributed by atoms with Gasteiger partial charge in [0.2, 0.25) is 0 Å². The first-order valence-corrected chi connectivity index (χ1v) is 10.8. The first-order chi connectivity index (χ1) is 15.1. The molecular weight excluding hydrogens is 395 g/mol. The molecule has 0 amide bonds. The van der Waals surface area contributed by atoms with Gasteiger partial charge in [0.25, 0.3) is 0 Å². The van der Waals surface area contributed by atoms with Crippen LogP contribution in [0, 0.1) is 5.82 Å². The number of nitrogens with one attached hydrogen (secondary N) is 2. The Balaban J connectivity index is 1.49. The third kappa shape index (κ3) is 7.10. The summed E-state index contributed by atoms with van der Waals surface area (Å²) in [5, 5.41) is 6.64. The number of hydrogen-bond acceptors (Lipinski definition) is 5. The van der Waals surface area contributed by atoms with E-state index in [0.717, 1.165) is 44.0 Å². The third-order valence-electron chi connectivity index (χ3n) is 5.37. The summed E-state index contributed by atoms with van der Waals surface area (Å²) in [5.74, 6) is 1.94. The summed E-state index contributed by atoms with van der Waals surface area (Å²) in [6.45, 7) is 7.34. The van der Waals surface area contributed by atoms with Gasteiger partial charge in [-0.3, -0.25) is 4.99 Å². The highest BCUT2D eigenvalue weighted by molar-refractivity contribution is 5.79. The number of anilines is 1. The van der Waals surface area contributed by atoms with Crippen molar-refractivity contribution < 1.29 is 9.13 Å². The average molecular weight is 429 g/mol. The first-order valence-electron chi connectivity index (χ1n) is 10.8. The Morgan fingerprint density at radius 1 is 1.19 bits per heavy atom. The van der Waals surface area contributed by atoms with Crippen LogP contribution in [-0.2, 0) is 6.54 Å². The number of ether oxygens (including phenoxy) is 1. The second-order valence-corrected chi connectivity index (χ2v) is 7.72. The second-order valence-electron chi connectivity index (χ2n) is 7.72. The van der Waals surface area contributed by atoms with Crippen molar-refractivity contribution in [2.24, 2.45) is 4.99 Å². The monoisotopic (exact) mass is 428 g/mol. The molecular formula is C23H33FN6O. The molecule has 1 aromatic carbocycles. The van der Waals surface area contributed by atoms with Gasteiger partial charge in [-0.2, -0.15) is 0 Å². The van der Waals surface area contributed by atoms with Crippen LogP contribution in [0.3, 0.4) is 0 Å². The summed E-state index contributed by atoms with van der Waals surface area (Å²) in [6.07, 6.45) is 2.56. The third-order valence-corrected chi connectivity index (χ3v) is 5.37. The molecule has 1 atom stereocenters.